The largest absolute Gasteiger partial charge is 0.393 e. The number of nitro groups is 1. The van der Waals surface area contributed by atoms with E-state index in [1.807, 2.05) is 6.92 Å². The zero-order valence-corrected chi connectivity index (χ0v) is 11.6. The molecule has 0 aliphatic heterocycles. The van der Waals surface area contributed by atoms with Crippen LogP contribution in [0, 0.1) is 24.0 Å². The van der Waals surface area contributed by atoms with Gasteiger partial charge in [0.25, 0.3) is 5.69 Å². The van der Waals surface area contributed by atoms with Crippen LogP contribution in [0.15, 0.2) is 6.20 Å². The van der Waals surface area contributed by atoms with Gasteiger partial charge in [0, 0.05) is 23.9 Å². The molecule has 0 spiro atoms. The Balaban J connectivity index is 2.65. The third kappa shape index (κ3) is 4.25. The Hall–Kier alpha value is -1.53. The van der Waals surface area contributed by atoms with Crippen molar-refractivity contribution in [2.75, 3.05) is 6.54 Å². The molecule has 1 aromatic rings. The van der Waals surface area contributed by atoms with E-state index in [2.05, 4.69) is 10.3 Å². The second kappa shape index (κ2) is 7.16. The van der Waals surface area contributed by atoms with E-state index < -0.39 is 0 Å². The predicted molar refractivity (Wildman–Crippen MR) is 73.0 cm³/mol. The van der Waals surface area contributed by atoms with Crippen molar-refractivity contribution in [2.45, 2.75) is 46.3 Å². The summed E-state index contributed by atoms with van der Waals surface area (Å²) in [6, 6.07) is 0. The summed E-state index contributed by atoms with van der Waals surface area (Å²) in [5.41, 5.74) is 2.00. The number of aryl methyl sites for hydroxylation is 1. The molecule has 0 radical (unpaired) electrons. The minimum Gasteiger partial charge on any atom is -0.393 e. The molecule has 6 nitrogen and oxygen atoms in total. The molecule has 1 rings (SSSR count). The van der Waals surface area contributed by atoms with Crippen molar-refractivity contribution in [3.05, 3.63) is 33.1 Å². The van der Waals surface area contributed by atoms with Crippen molar-refractivity contribution in [2.24, 2.45) is 0 Å². The lowest BCUT2D eigenvalue weighted by molar-refractivity contribution is -0.386. The SMILES string of the molecule is CCC(O)CCNCc1ncc(C)c([N+](=O)[O-])c1C. The highest BCUT2D eigenvalue weighted by Gasteiger charge is 2.18. The van der Waals surface area contributed by atoms with Crippen LogP contribution >= 0.6 is 0 Å². The number of hydrogen-bond donors (Lipinski definition) is 2. The molecule has 0 fully saturated rings. The van der Waals surface area contributed by atoms with Crippen LogP contribution in [0.4, 0.5) is 5.69 Å². The molecule has 1 unspecified atom stereocenters. The van der Waals surface area contributed by atoms with Gasteiger partial charge in [0.05, 0.1) is 16.7 Å². The van der Waals surface area contributed by atoms with Crippen LogP contribution in [0.2, 0.25) is 0 Å². The molecule has 0 amide bonds. The summed E-state index contributed by atoms with van der Waals surface area (Å²) in [6.07, 6.45) is 2.63. The fourth-order valence-corrected chi connectivity index (χ4v) is 1.90. The van der Waals surface area contributed by atoms with E-state index in [-0.39, 0.29) is 16.7 Å². The maximum absolute atomic E-state index is 11.0. The predicted octanol–water partition coefficient (Wildman–Crippen LogP) is 1.86. The molecular weight excluding hydrogens is 246 g/mol. The van der Waals surface area contributed by atoms with Crippen LogP contribution in [0.5, 0.6) is 0 Å². The second-order valence-corrected chi connectivity index (χ2v) is 4.65. The number of hydrogen-bond acceptors (Lipinski definition) is 5. The Morgan fingerprint density at radius 3 is 2.79 bits per heavy atom. The van der Waals surface area contributed by atoms with Gasteiger partial charge in [-0.15, -0.1) is 0 Å². The summed E-state index contributed by atoms with van der Waals surface area (Å²) in [6.45, 7) is 6.48. The molecule has 1 heterocycles. The van der Waals surface area contributed by atoms with Crippen molar-refractivity contribution in [3.8, 4) is 0 Å². The summed E-state index contributed by atoms with van der Waals surface area (Å²) in [5.74, 6) is 0. The molecule has 0 aliphatic rings. The van der Waals surface area contributed by atoms with Crippen molar-refractivity contribution < 1.29 is 10.0 Å². The molecule has 0 aromatic carbocycles. The fraction of sp³-hybridized carbons (Fsp3) is 0.615. The summed E-state index contributed by atoms with van der Waals surface area (Å²) in [4.78, 5) is 14.8. The monoisotopic (exact) mass is 267 g/mol. The second-order valence-electron chi connectivity index (χ2n) is 4.65. The standard InChI is InChI=1S/C13H21N3O3/c1-4-11(17)5-6-14-8-12-10(3)13(16(18)19)9(2)7-15-12/h7,11,14,17H,4-6,8H2,1-3H3. The Kier molecular flexibility index (Phi) is 5.85. The smallest absolute Gasteiger partial charge is 0.278 e. The van der Waals surface area contributed by atoms with Crippen LogP contribution in [0.3, 0.4) is 0 Å². The quantitative estimate of drug-likeness (QED) is 0.447. The van der Waals surface area contributed by atoms with Gasteiger partial charge in [-0.2, -0.15) is 0 Å². The first-order valence-electron chi connectivity index (χ1n) is 6.45. The molecular formula is C13H21N3O3. The van der Waals surface area contributed by atoms with Crippen molar-refractivity contribution in [3.63, 3.8) is 0 Å². The summed E-state index contributed by atoms with van der Waals surface area (Å²) in [5, 5.41) is 23.5. The third-order valence-corrected chi connectivity index (χ3v) is 3.18. The lowest BCUT2D eigenvalue weighted by atomic mass is 10.1. The number of rotatable bonds is 7. The lowest BCUT2D eigenvalue weighted by Crippen LogP contribution is -2.21. The normalized spacial score (nSPS) is 12.4. The summed E-state index contributed by atoms with van der Waals surface area (Å²) in [7, 11) is 0. The average Bonchev–Trinajstić information content (AvgIpc) is 2.36. The van der Waals surface area contributed by atoms with E-state index in [0.717, 1.165) is 6.42 Å². The van der Waals surface area contributed by atoms with Gasteiger partial charge in [-0.3, -0.25) is 15.1 Å². The van der Waals surface area contributed by atoms with E-state index in [4.69, 9.17) is 0 Å². The van der Waals surface area contributed by atoms with Gasteiger partial charge >= 0.3 is 0 Å². The molecule has 0 saturated carbocycles. The Labute approximate surface area is 113 Å². The van der Waals surface area contributed by atoms with Crippen molar-refractivity contribution in [1.29, 1.82) is 0 Å². The lowest BCUT2D eigenvalue weighted by Gasteiger charge is -2.10. The van der Waals surface area contributed by atoms with Gasteiger partial charge in [-0.05, 0) is 33.2 Å². The molecule has 0 bridgehead atoms. The number of pyridine rings is 1. The number of aromatic nitrogens is 1. The van der Waals surface area contributed by atoms with Crippen LogP contribution < -0.4 is 5.32 Å². The Morgan fingerprint density at radius 1 is 1.53 bits per heavy atom. The van der Waals surface area contributed by atoms with E-state index in [9.17, 15) is 15.2 Å². The van der Waals surface area contributed by atoms with Gasteiger partial charge in [0.1, 0.15) is 0 Å². The first kappa shape index (κ1) is 15.5. The Morgan fingerprint density at radius 2 is 2.21 bits per heavy atom. The van der Waals surface area contributed by atoms with Crippen LogP contribution in [0.25, 0.3) is 0 Å². The topological polar surface area (TPSA) is 88.3 Å². The van der Waals surface area contributed by atoms with E-state index in [1.54, 1.807) is 13.8 Å². The van der Waals surface area contributed by atoms with Crippen LogP contribution in [-0.4, -0.2) is 27.7 Å². The number of aliphatic hydroxyl groups excluding tert-OH is 1. The van der Waals surface area contributed by atoms with E-state index in [0.29, 0.717) is 36.3 Å². The maximum atomic E-state index is 11.0. The molecule has 106 valence electrons. The average molecular weight is 267 g/mol. The number of nitrogens with one attached hydrogen (secondary N) is 1. The van der Waals surface area contributed by atoms with Gasteiger partial charge < -0.3 is 10.4 Å². The molecule has 6 heteroatoms. The fourth-order valence-electron chi connectivity index (χ4n) is 1.90. The minimum atomic E-state index is -0.364. The van der Waals surface area contributed by atoms with Crippen molar-refractivity contribution in [1.82, 2.24) is 10.3 Å². The van der Waals surface area contributed by atoms with Gasteiger partial charge in [-0.1, -0.05) is 6.92 Å². The molecule has 2 N–H and O–H groups in total. The van der Waals surface area contributed by atoms with Crippen LogP contribution in [0.1, 0.15) is 36.6 Å². The molecule has 1 atom stereocenters. The highest BCUT2D eigenvalue weighted by Crippen LogP contribution is 2.23. The number of nitrogens with zero attached hydrogens (tertiary/aromatic N) is 2. The zero-order valence-electron chi connectivity index (χ0n) is 11.6. The van der Waals surface area contributed by atoms with E-state index in [1.165, 1.54) is 6.20 Å². The first-order valence-corrected chi connectivity index (χ1v) is 6.45. The maximum Gasteiger partial charge on any atom is 0.278 e. The molecule has 19 heavy (non-hydrogen) atoms. The number of aliphatic hydroxyl groups is 1. The minimum absolute atomic E-state index is 0.139. The highest BCUT2D eigenvalue weighted by molar-refractivity contribution is 5.47. The first-order chi connectivity index (χ1) is 8.97. The van der Waals surface area contributed by atoms with E-state index >= 15 is 0 Å². The van der Waals surface area contributed by atoms with Gasteiger partial charge in [-0.25, -0.2) is 0 Å². The van der Waals surface area contributed by atoms with Gasteiger partial charge in [0.2, 0.25) is 0 Å². The van der Waals surface area contributed by atoms with Crippen LogP contribution in [-0.2, 0) is 6.54 Å². The molecule has 0 saturated heterocycles. The Bertz CT molecular complexity index is 449. The summed E-state index contributed by atoms with van der Waals surface area (Å²) >= 11 is 0. The summed E-state index contributed by atoms with van der Waals surface area (Å²) < 4.78 is 0. The van der Waals surface area contributed by atoms with Crippen molar-refractivity contribution >= 4 is 5.69 Å². The zero-order chi connectivity index (χ0) is 14.4. The van der Waals surface area contributed by atoms with Gasteiger partial charge in [0.15, 0.2) is 0 Å². The molecule has 1 aromatic heterocycles. The third-order valence-electron chi connectivity index (χ3n) is 3.18. The molecule has 0 aliphatic carbocycles. The highest BCUT2D eigenvalue weighted by atomic mass is 16.6.